The van der Waals surface area contributed by atoms with Gasteiger partial charge < -0.3 is 15.4 Å². The maximum absolute atomic E-state index is 11.9. The van der Waals surface area contributed by atoms with Crippen LogP contribution in [-0.4, -0.2) is 25.1 Å². The van der Waals surface area contributed by atoms with Crippen LogP contribution < -0.4 is 15.4 Å². The SMILES string of the molecule is CCC(CC)NC(=O)COc1cccc2c1CCCN2. The minimum Gasteiger partial charge on any atom is -0.483 e. The first kappa shape index (κ1) is 14.7. The molecule has 0 saturated carbocycles. The summed E-state index contributed by atoms with van der Waals surface area (Å²) in [7, 11) is 0. The van der Waals surface area contributed by atoms with Crippen molar-refractivity contribution in [1.82, 2.24) is 5.32 Å². The van der Waals surface area contributed by atoms with Crippen LogP contribution in [0.4, 0.5) is 5.69 Å². The minimum absolute atomic E-state index is 0.0416. The molecule has 1 aromatic rings. The van der Waals surface area contributed by atoms with E-state index in [4.69, 9.17) is 4.74 Å². The van der Waals surface area contributed by atoms with Gasteiger partial charge in [0, 0.05) is 23.8 Å². The maximum Gasteiger partial charge on any atom is 0.258 e. The highest BCUT2D eigenvalue weighted by molar-refractivity contribution is 5.78. The van der Waals surface area contributed by atoms with Crippen molar-refractivity contribution in [2.75, 3.05) is 18.5 Å². The van der Waals surface area contributed by atoms with Gasteiger partial charge in [-0.3, -0.25) is 4.79 Å². The summed E-state index contributed by atoms with van der Waals surface area (Å²) in [6.45, 7) is 5.25. The lowest BCUT2D eigenvalue weighted by Gasteiger charge is -2.21. The number of fused-ring (bicyclic) bond motifs is 1. The molecule has 0 saturated heterocycles. The molecule has 1 heterocycles. The van der Waals surface area contributed by atoms with Gasteiger partial charge in [0.05, 0.1) is 0 Å². The molecule has 0 aromatic heterocycles. The Morgan fingerprint density at radius 1 is 1.40 bits per heavy atom. The average molecular weight is 276 g/mol. The van der Waals surface area contributed by atoms with Crippen LogP contribution in [0.2, 0.25) is 0 Å². The lowest BCUT2D eigenvalue weighted by Crippen LogP contribution is -2.37. The van der Waals surface area contributed by atoms with Gasteiger partial charge in [0.1, 0.15) is 5.75 Å². The highest BCUT2D eigenvalue weighted by Crippen LogP contribution is 2.30. The molecule has 2 rings (SSSR count). The van der Waals surface area contributed by atoms with Crippen molar-refractivity contribution in [2.24, 2.45) is 0 Å². The third-order valence-corrected chi connectivity index (χ3v) is 3.76. The number of carbonyl (C=O) groups is 1. The van der Waals surface area contributed by atoms with Gasteiger partial charge in [-0.05, 0) is 37.8 Å². The van der Waals surface area contributed by atoms with E-state index in [9.17, 15) is 4.79 Å². The first-order valence-electron chi connectivity index (χ1n) is 7.52. The molecule has 1 aliphatic heterocycles. The van der Waals surface area contributed by atoms with E-state index in [2.05, 4.69) is 30.5 Å². The van der Waals surface area contributed by atoms with Crippen molar-refractivity contribution in [3.8, 4) is 5.75 Å². The molecule has 20 heavy (non-hydrogen) atoms. The third kappa shape index (κ3) is 3.65. The first-order chi connectivity index (χ1) is 9.74. The Balaban J connectivity index is 1.92. The molecule has 110 valence electrons. The van der Waals surface area contributed by atoms with Crippen LogP contribution in [0.1, 0.15) is 38.7 Å². The van der Waals surface area contributed by atoms with E-state index in [1.165, 1.54) is 5.56 Å². The smallest absolute Gasteiger partial charge is 0.258 e. The molecule has 0 atom stereocenters. The molecular weight excluding hydrogens is 252 g/mol. The lowest BCUT2D eigenvalue weighted by atomic mass is 10.0. The predicted octanol–water partition coefficient (Wildman–Crippen LogP) is 2.73. The molecule has 0 bridgehead atoms. The summed E-state index contributed by atoms with van der Waals surface area (Å²) in [5, 5.41) is 6.35. The van der Waals surface area contributed by atoms with Crippen LogP contribution in [0.3, 0.4) is 0 Å². The van der Waals surface area contributed by atoms with Crippen molar-refractivity contribution < 1.29 is 9.53 Å². The highest BCUT2D eigenvalue weighted by Gasteiger charge is 2.15. The summed E-state index contributed by atoms with van der Waals surface area (Å²) in [6, 6.07) is 6.21. The van der Waals surface area contributed by atoms with Gasteiger partial charge in [-0.25, -0.2) is 0 Å². The summed E-state index contributed by atoms with van der Waals surface area (Å²) < 4.78 is 5.70. The van der Waals surface area contributed by atoms with Crippen LogP contribution in [0.25, 0.3) is 0 Å². The topological polar surface area (TPSA) is 50.4 Å². The summed E-state index contributed by atoms with van der Waals surface area (Å²) >= 11 is 0. The molecule has 0 aliphatic carbocycles. The quantitative estimate of drug-likeness (QED) is 0.840. The number of hydrogen-bond acceptors (Lipinski definition) is 3. The molecule has 4 nitrogen and oxygen atoms in total. The first-order valence-corrected chi connectivity index (χ1v) is 7.52. The van der Waals surface area contributed by atoms with Gasteiger partial charge in [0.25, 0.3) is 5.91 Å². The number of amides is 1. The van der Waals surface area contributed by atoms with Gasteiger partial charge in [0.2, 0.25) is 0 Å². The van der Waals surface area contributed by atoms with Crippen LogP contribution >= 0.6 is 0 Å². The van der Waals surface area contributed by atoms with Crippen molar-refractivity contribution >= 4 is 11.6 Å². The number of hydrogen-bond donors (Lipinski definition) is 2. The number of carbonyl (C=O) groups excluding carboxylic acids is 1. The predicted molar refractivity (Wildman–Crippen MR) is 81.3 cm³/mol. The highest BCUT2D eigenvalue weighted by atomic mass is 16.5. The number of nitrogens with one attached hydrogen (secondary N) is 2. The molecule has 4 heteroatoms. The Bertz CT molecular complexity index is 456. The number of rotatable bonds is 6. The zero-order valence-corrected chi connectivity index (χ0v) is 12.4. The molecule has 0 radical (unpaired) electrons. The largest absolute Gasteiger partial charge is 0.483 e. The van der Waals surface area contributed by atoms with E-state index in [0.29, 0.717) is 0 Å². The van der Waals surface area contributed by atoms with Crippen LogP contribution in [0, 0.1) is 0 Å². The molecular formula is C16H24N2O2. The molecule has 0 fully saturated rings. The fourth-order valence-corrected chi connectivity index (χ4v) is 2.52. The molecule has 0 spiro atoms. The van der Waals surface area contributed by atoms with Gasteiger partial charge in [-0.2, -0.15) is 0 Å². The molecule has 2 N–H and O–H groups in total. The Hall–Kier alpha value is -1.71. The summed E-state index contributed by atoms with van der Waals surface area (Å²) in [4.78, 5) is 11.9. The van der Waals surface area contributed by atoms with Crippen molar-refractivity contribution in [3.05, 3.63) is 23.8 Å². The van der Waals surface area contributed by atoms with Crippen molar-refractivity contribution in [1.29, 1.82) is 0 Å². The Kier molecular flexibility index (Phi) is 5.27. The van der Waals surface area contributed by atoms with Gasteiger partial charge >= 0.3 is 0 Å². The fraction of sp³-hybridized carbons (Fsp3) is 0.562. The second-order valence-electron chi connectivity index (χ2n) is 5.18. The molecule has 1 amide bonds. The van der Waals surface area contributed by atoms with Gasteiger partial charge in [-0.1, -0.05) is 19.9 Å². The Morgan fingerprint density at radius 3 is 2.95 bits per heavy atom. The van der Waals surface area contributed by atoms with Crippen LogP contribution in [-0.2, 0) is 11.2 Å². The third-order valence-electron chi connectivity index (χ3n) is 3.76. The Morgan fingerprint density at radius 2 is 2.20 bits per heavy atom. The average Bonchev–Trinajstić information content (AvgIpc) is 2.50. The standard InChI is InChI=1S/C16H24N2O2/c1-3-12(4-2)18-16(19)11-20-15-9-5-8-14-13(15)7-6-10-17-14/h5,8-9,12,17H,3-4,6-7,10-11H2,1-2H3,(H,18,19). The summed E-state index contributed by atoms with van der Waals surface area (Å²) in [5.41, 5.74) is 2.32. The van der Waals surface area contributed by atoms with E-state index in [1.807, 2.05) is 12.1 Å². The van der Waals surface area contributed by atoms with E-state index in [-0.39, 0.29) is 18.6 Å². The van der Waals surface area contributed by atoms with Crippen LogP contribution in [0.5, 0.6) is 5.75 Å². The minimum atomic E-state index is -0.0416. The monoisotopic (exact) mass is 276 g/mol. The van der Waals surface area contributed by atoms with Crippen LogP contribution in [0.15, 0.2) is 18.2 Å². The van der Waals surface area contributed by atoms with Crippen molar-refractivity contribution in [2.45, 2.75) is 45.6 Å². The van der Waals surface area contributed by atoms with E-state index in [1.54, 1.807) is 0 Å². The number of anilines is 1. The van der Waals surface area contributed by atoms with Gasteiger partial charge in [-0.15, -0.1) is 0 Å². The molecule has 1 aromatic carbocycles. The fourth-order valence-electron chi connectivity index (χ4n) is 2.52. The number of ether oxygens (including phenoxy) is 1. The second kappa shape index (κ2) is 7.17. The maximum atomic E-state index is 11.9. The zero-order valence-electron chi connectivity index (χ0n) is 12.4. The summed E-state index contributed by atoms with van der Waals surface area (Å²) in [6.07, 6.45) is 4.01. The summed E-state index contributed by atoms with van der Waals surface area (Å²) in [5.74, 6) is 0.787. The lowest BCUT2D eigenvalue weighted by molar-refractivity contribution is -0.123. The van der Waals surface area contributed by atoms with E-state index >= 15 is 0 Å². The van der Waals surface area contributed by atoms with E-state index in [0.717, 1.165) is 43.7 Å². The normalized spacial score (nSPS) is 13.6. The van der Waals surface area contributed by atoms with E-state index < -0.39 is 0 Å². The van der Waals surface area contributed by atoms with Crippen molar-refractivity contribution in [3.63, 3.8) is 0 Å². The molecule has 1 aliphatic rings. The Labute approximate surface area is 120 Å². The number of benzene rings is 1. The molecule has 0 unspecified atom stereocenters. The second-order valence-corrected chi connectivity index (χ2v) is 5.18. The zero-order chi connectivity index (χ0) is 14.4. The van der Waals surface area contributed by atoms with Gasteiger partial charge in [0.15, 0.2) is 6.61 Å².